The van der Waals surface area contributed by atoms with Gasteiger partial charge in [-0.3, -0.25) is 0 Å². The standard InChI is InChI=1S/C9H16O2/c10-9(6-11-7-9)8-4-2-1-3-5-8/h8,10H,1-7H2. The van der Waals surface area contributed by atoms with Crippen molar-refractivity contribution in [2.24, 2.45) is 5.92 Å². The number of rotatable bonds is 1. The third-order valence-corrected chi connectivity index (χ3v) is 3.07. The lowest BCUT2D eigenvalue weighted by atomic mass is 9.76. The van der Waals surface area contributed by atoms with Crippen LogP contribution in [-0.2, 0) is 4.74 Å². The van der Waals surface area contributed by atoms with E-state index in [1.54, 1.807) is 0 Å². The van der Waals surface area contributed by atoms with Gasteiger partial charge in [0.05, 0.1) is 13.2 Å². The fraction of sp³-hybridized carbons (Fsp3) is 1.00. The highest BCUT2D eigenvalue weighted by Crippen LogP contribution is 2.36. The molecule has 2 nitrogen and oxygen atoms in total. The molecule has 0 spiro atoms. The van der Waals surface area contributed by atoms with Gasteiger partial charge < -0.3 is 9.84 Å². The zero-order valence-electron chi connectivity index (χ0n) is 6.88. The zero-order valence-corrected chi connectivity index (χ0v) is 6.88. The highest BCUT2D eigenvalue weighted by Gasteiger charge is 2.43. The first-order valence-corrected chi connectivity index (χ1v) is 4.61. The highest BCUT2D eigenvalue weighted by atomic mass is 16.5. The average Bonchev–Trinajstić information content (AvgIpc) is 2.02. The van der Waals surface area contributed by atoms with Gasteiger partial charge >= 0.3 is 0 Å². The minimum Gasteiger partial charge on any atom is -0.385 e. The van der Waals surface area contributed by atoms with Gasteiger partial charge in [0, 0.05) is 0 Å². The first-order chi connectivity index (χ1) is 5.31. The van der Waals surface area contributed by atoms with Crippen molar-refractivity contribution >= 4 is 0 Å². The maximum Gasteiger partial charge on any atom is 0.114 e. The quantitative estimate of drug-likeness (QED) is 0.620. The minimum absolute atomic E-state index is 0.430. The Morgan fingerprint density at radius 1 is 1.09 bits per heavy atom. The molecule has 0 unspecified atom stereocenters. The van der Waals surface area contributed by atoms with E-state index >= 15 is 0 Å². The molecule has 1 saturated heterocycles. The van der Waals surface area contributed by atoms with Crippen molar-refractivity contribution in [3.63, 3.8) is 0 Å². The lowest BCUT2D eigenvalue weighted by Gasteiger charge is -2.44. The molecule has 2 heteroatoms. The number of hydrogen-bond acceptors (Lipinski definition) is 2. The Hall–Kier alpha value is -0.0800. The molecule has 1 saturated carbocycles. The predicted octanol–water partition coefficient (Wildman–Crippen LogP) is 1.33. The van der Waals surface area contributed by atoms with E-state index in [-0.39, 0.29) is 0 Å². The van der Waals surface area contributed by atoms with Gasteiger partial charge in [-0.2, -0.15) is 0 Å². The molecule has 0 radical (unpaired) electrons. The van der Waals surface area contributed by atoms with Crippen LogP contribution in [0.25, 0.3) is 0 Å². The summed E-state index contributed by atoms with van der Waals surface area (Å²) in [6.07, 6.45) is 6.37. The van der Waals surface area contributed by atoms with E-state index in [1.807, 2.05) is 0 Å². The van der Waals surface area contributed by atoms with Crippen LogP contribution < -0.4 is 0 Å². The summed E-state index contributed by atoms with van der Waals surface area (Å²) in [6.45, 7) is 1.16. The lowest BCUT2D eigenvalue weighted by molar-refractivity contribution is -0.211. The van der Waals surface area contributed by atoms with Crippen molar-refractivity contribution in [2.45, 2.75) is 37.7 Å². The molecule has 0 aromatic carbocycles. The predicted molar refractivity (Wildman–Crippen MR) is 42.3 cm³/mol. The Balaban J connectivity index is 1.91. The minimum atomic E-state index is -0.430. The summed E-state index contributed by atoms with van der Waals surface area (Å²) in [4.78, 5) is 0. The Morgan fingerprint density at radius 3 is 2.18 bits per heavy atom. The monoisotopic (exact) mass is 156 g/mol. The van der Waals surface area contributed by atoms with Crippen LogP contribution in [0.4, 0.5) is 0 Å². The van der Waals surface area contributed by atoms with Crippen LogP contribution in [0.15, 0.2) is 0 Å². The van der Waals surface area contributed by atoms with Gasteiger partial charge in [0.15, 0.2) is 0 Å². The molecular formula is C9H16O2. The Labute approximate surface area is 67.6 Å². The van der Waals surface area contributed by atoms with Crippen LogP contribution in [0, 0.1) is 5.92 Å². The van der Waals surface area contributed by atoms with E-state index in [0.29, 0.717) is 19.1 Å². The molecule has 1 aliphatic carbocycles. The van der Waals surface area contributed by atoms with E-state index in [1.165, 1.54) is 32.1 Å². The highest BCUT2D eigenvalue weighted by molar-refractivity contribution is 4.93. The third-order valence-electron chi connectivity index (χ3n) is 3.07. The third kappa shape index (κ3) is 1.30. The number of hydrogen-bond donors (Lipinski definition) is 1. The van der Waals surface area contributed by atoms with E-state index in [4.69, 9.17) is 4.74 Å². The topological polar surface area (TPSA) is 29.5 Å². The van der Waals surface area contributed by atoms with Crippen LogP contribution in [-0.4, -0.2) is 23.9 Å². The second-order valence-electron chi connectivity index (χ2n) is 3.93. The van der Waals surface area contributed by atoms with Gasteiger partial charge in [-0.05, 0) is 18.8 Å². The Bertz CT molecular complexity index is 134. The molecule has 1 N–H and O–H groups in total. The molecule has 0 atom stereocenters. The van der Waals surface area contributed by atoms with Crippen molar-refractivity contribution in [3.8, 4) is 0 Å². The van der Waals surface area contributed by atoms with Crippen molar-refractivity contribution in [1.29, 1.82) is 0 Å². The van der Waals surface area contributed by atoms with Crippen LogP contribution in [0.3, 0.4) is 0 Å². The van der Waals surface area contributed by atoms with Crippen LogP contribution in [0.5, 0.6) is 0 Å². The molecule has 0 aromatic heterocycles. The molecule has 2 aliphatic rings. The largest absolute Gasteiger partial charge is 0.385 e. The van der Waals surface area contributed by atoms with Gasteiger partial charge in [-0.15, -0.1) is 0 Å². The van der Waals surface area contributed by atoms with Gasteiger partial charge in [0.25, 0.3) is 0 Å². The van der Waals surface area contributed by atoms with Crippen LogP contribution in [0.1, 0.15) is 32.1 Å². The van der Waals surface area contributed by atoms with Gasteiger partial charge in [0.1, 0.15) is 5.60 Å². The van der Waals surface area contributed by atoms with Crippen molar-refractivity contribution < 1.29 is 9.84 Å². The number of ether oxygens (including phenoxy) is 1. The first-order valence-electron chi connectivity index (χ1n) is 4.61. The second-order valence-corrected chi connectivity index (χ2v) is 3.93. The SMILES string of the molecule is OC1(C2CCCCC2)COC1. The molecule has 2 rings (SSSR count). The van der Waals surface area contributed by atoms with Gasteiger partial charge in [-0.25, -0.2) is 0 Å². The van der Waals surface area contributed by atoms with Crippen molar-refractivity contribution in [1.82, 2.24) is 0 Å². The van der Waals surface area contributed by atoms with E-state index < -0.39 is 5.60 Å². The molecule has 1 heterocycles. The molecular weight excluding hydrogens is 140 g/mol. The van der Waals surface area contributed by atoms with E-state index in [9.17, 15) is 5.11 Å². The molecule has 0 amide bonds. The first kappa shape index (κ1) is 7.56. The van der Waals surface area contributed by atoms with Crippen molar-refractivity contribution in [2.75, 3.05) is 13.2 Å². The van der Waals surface area contributed by atoms with Crippen LogP contribution >= 0.6 is 0 Å². The fourth-order valence-corrected chi connectivity index (χ4v) is 2.19. The maximum atomic E-state index is 9.91. The second kappa shape index (κ2) is 2.76. The average molecular weight is 156 g/mol. The normalized spacial score (nSPS) is 31.4. The number of aliphatic hydroxyl groups is 1. The lowest BCUT2D eigenvalue weighted by Crippen LogP contribution is -2.55. The van der Waals surface area contributed by atoms with Gasteiger partial charge in [-0.1, -0.05) is 19.3 Å². The van der Waals surface area contributed by atoms with E-state index in [2.05, 4.69) is 0 Å². The summed E-state index contributed by atoms with van der Waals surface area (Å²) < 4.78 is 5.04. The summed E-state index contributed by atoms with van der Waals surface area (Å²) in [5.74, 6) is 0.532. The molecule has 0 bridgehead atoms. The molecule has 64 valence electrons. The zero-order chi connectivity index (χ0) is 7.73. The van der Waals surface area contributed by atoms with E-state index in [0.717, 1.165) is 0 Å². The Morgan fingerprint density at radius 2 is 1.73 bits per heavy atom. The molecule has 1 aliphatic heterocycles. The summed E-state index contributed by atoms with van der Waals surface area (Å²) in [7, 11) is 0. The molecule has 0 aromatic rings. The summed E-state index contributed by atoms with van der Waals surface area (Å²) in [5, 5.41) is 9.91. The summed E-state index contributed by atoms with van der Waals surface area (Å²) >= 11 is 0. The van der Waals surface area contributed by atoms with Crippen LogP contribution in [0.2, 0.25) is 0 Å². The fourth-order valence-electron chi connectivity index (χ4n) is 2.19. The molecule has 11 heavy (non-hydrogen) atoms. The summed E-state index contributed by atoms with van der Waals surface area (Å²) in [6, 6.07) is 0. The smallest absolute Gasteiger partial charge is 0.114 e. The van der Waals surface area contributed by atoms with Gasteiger partial charge in [0.2, 0.25) is 0 Å². The summed E-state index contributed by atoms with van der Waals surface area (Å²) in [5.41, 5.74) is -0.430. The van der Waals surface area contributed by atoms with Crippen molar-refractivity contribution in [3.05, 3.63) is 0 Å². The molecule has 2 fully saturated rings. The maximum absolute atomic E-state index is 9.91. The Kier molecular flexibility index (Phi) is 1.90.